The molecule has 0 fully saturated rings. The van der Waals surface area contributed by atoms with Gasteiger partial charge in [0.25, 0.3) is 0 Å². The summed E-state index contributed by atoms with van der Waals surface area (Å²) in [5.41, 5.74) is 0. The summed E-state index contributed by atoms with van der Waals surface area (Å²) < 4.78 is 2.12. The molecule has 19 heavy (non-hydrogen) atoms. The van der Waals surface area contributed by atoms with Crippen molar-refractivity contribution in [2.75, 3.05) is 7.05 Å². The molecule has 3 heteroatoms. The second kappa shape index (κ2) is 10.0. The van der Waals surface area contributed by atoms with Crippen molar-refractivity contribution < 1.29 is 0 Å². The summed E-state index contributed by atoms with van der Waals surface area (Å²) in [5, 5.41) is 3.43. The zero-order chi connectivity index (χ0) is 13.9. The van der Waals surface area contributed by atoms with E-state index in [1.165, 1.54) is 57.2 Å². The maximum absolute atomic E-state index is 4.40. The van der Waals surface area contributed by atoms with Crippen LogP contribution in [-0.2, 0) is 13.5 Å². The quantitative estimate of drug-likeness (QED) is 0.618. The van der Waals surface area contributed by atoms with Crippen LogP contribution in [0.2, 0.25) is 0 Å². The van der Waals surface area contributed by atoms with Gasteiger partial charge >= 0.3 is 0 Å². The van der Waals surface area contributed by atoms with Crippen molar-refractivity contribution in [2.45, 2.75) is 70.8 Å². The van der Waals surface area contributed by atoms with E-state index in [0.29, 0.717) is 6.04 Å². The molecule has 0 radical (unpaired) electrons. The third kappa shape index (κ3) is 6.76. The average Bonchev–Trinajstić information content (AvgIpc) is 2.81. The first-order valence-corrected chi connectivity index (χ1v) is 7.91. The highest BCUT2D eigenvalue weighted by Gasteiger charge is 2.09. The predicted octanol–water partition coefficient (Wildman–Crippen LogP) is 3.69. The molecule has 1 atom stereocenters. The van der Waals surface area contributed by atoms with Gasteiger partial charge in [0.2, 0.25) is 0 Å². The van der Waals surface area contributed by atoms with Crippen LogP contribution in [0.15, 0.2) is 12.4 Å². The Labute approximate surface area is 118 Å². The van der Waals surface area contributed by atoms with Crippen molar-refractivity contribution in [1.82, 2.24) is 14.9 Å². The Balaban J connectivity index is 2.10. The van der Waals surface area contributed by atoms with E-state index >= 15 is 0 Å². The number of aromatic nitrogens is 2. The van der Waals surface area contributed by atoms with Crippen LogP contribution in [-0.4, -0.2) is 22.6 Å². The zero-order valence-electron chi connectivity index (χ0n) is 13.0. The normalized spacial score (nSPS) is 12.8. The van der Waals surface area contributed by atoms with Crippen LogP contribution < -0.4 is 5.32 Å². The van der Waals surface area contributed by atoms with Crippen LogP contribution in [0, 0.1) is 0 Å². The molecular formula is C16H31N3. The van der Waals surface area contributed by atoms with Crippen molar-refractivity contribution in [3.63, 3.8) is 0 Å². The monoisotopic (exact) mass is 265 g/mol. The van der Waals surface area contributed by atoms with Crippen LogP contribution in [0.3, 0.4) is 0 Å². The van der Waals surface area contributed by atoms with E-state index in [2.05, 4.69) is 35.9 Å². The molecule has 1 heterocycles. The number of unbranched alkanes of at least 4 members (excludes halogenated alkanes) is 6. The number of hydrogen-bond donors (Lipinski definition) is 1. The first-order valence-electron chi connectivity index (χ1n) is 7.91. The van der Waals surface area contributed by atoms with Crippen LogP contribution in [0.5, 0.6) is 0 Å². The van der Waals surface area contributed by atoms with E-state index in [1.54, 1.807) is 0 Å². The number of nitrogens with zero attached hydrogens (tertiary/aromatic N) is 2. The third-order valence-corrected chi connectivity index (χ3v) is 3.91. The molecule has 0 aliphatic rings. The Bertz CT molecular complexity index is 320. The van der Waals surface area contributed by atoms with Crippen LogP contribution in [0.1, 0.15) is 64.1 Å². The number of rotatable bonds is 11. The maximum Gasteiger partial charge on any atom is 0.109 e. The predicted molar refractivity (Wildman–Crippen MR) is 82.4 cm³/mol. The van der Waals surface area contributed by atoms with Crippen LogP contribution in [0.25, 0.3) is 0 Å². The molecular weight excluding hydrogens is 234 g/mol. The van der Waals surface area contributed by atoms with Gasteiger partial charge in [-0.3, -0.25) is 0 Å². The molecule has 1 aromatic heterocycles. The minimum absolute atomic E-state index is 0.566. The minimum Gasteiger partial charge on any atom is -0.338 e. The lowest BCUT2D eigenvalue weighted by Crippen LogP contribution is -2.28. The van der Waals surface area contributed by atoms with Crippen molar-refractivity contribution >= 4 is 0 Å². The van der Waals surface area contributed by atoms with E-state index in [4.69, 9.17) is 0 Å². The summed E-state index contributed by atoms with van der Waals surface area (Å²) in [6.45, 7) is 2.27. The van der Waals surface area contributed by atoms with Gasteiger partial charge < -0.3 is 9.88 Å². The van der Waals surface area contributed by atoms with E-state index in [1.807, 2.05) is 12.4 Å². The number of hydrogen-bond acceptors (Lipinski definition) is 2. The molecule has 0 aromatic carbocycles. The number of aryl methyl sites for hydroxylation is 1. The maximum atomic E-state index is 4.40. The molecule has 0 saturated carbocycles. The lowest BCUT2D eigenvalue weighted by molar-refractivity contribution is 0.467. The molecule has 1 unspecified atom stereocenters. The van der Waals surface area contributed by atoms with Gasteiger partial charge in [0.1, 0.15) is 5.82 Å². The average molecular weight is 265 g/mol. The summed E-state index contributed by atoms with van der Waals surface area (Å²) >= 11 is 0. The van der Waals surface area contributed by atoms with Gasteiger partial charge in [-0.25, -0.2) is 4.98 Å². The van der Waals surface area contributed by atoms with E-state index in [9.17, 15) is 0 Å². The summed E-state index contributed by atoms with van der Waals surface area (Å²) in [5.74, 6) is 1.18. The van der Waals surface area contributed by atoms with Gasteiger partial charge in [0.15, 0.2) is 0 Å². The van der Waals surface area contributed by atoms with Gasteiger partial charge in [-0.2, -0.15) is 0 Å². The highest BCUT2D eigenvalue weighted by atomic mass is 15.0. The number of imidazole rings is 1. The Morgan fingerprint density at radius 3 is 2.42 bits per heavy atom. The second-order valence-corrected chi connectivity index (χ2v) is 5.55. The second-order valence-electron chi connectivity index (χ2n) is 5.55. The molecule has 1 N–H and O–H groups in total. The SMILES string of the molecule is CCCCCCCCCC(Cc1nccn1C)NC. The fourth-order valence-electron chi connectivity index (χ4n) is 2.51. The Kier molecular flexibility index (Phi) is 8.55. The lowest BCUT2D eigenvalue weighted by Gasteiger charge is -2.15. The molecule has 0 amide bonds. The van der Waals surface area contributed by atoms with Gasteiger partial charge in [-0.1, -0.05) is 51.9 Å². The standard InChI is InChI=1S/C16H31N3/c1-4-5-6-7-8-9-10-11-15(17-2)14-16-18-12-13-19(16)3/h12-13,15,17H,4-11,14H2,1-3H3. The summed E-state index contributed by atoms with van der Waals surface area (Å²) in [6.07, 6.45) is 15.9. The topological polar surface area (TPSA) is 29.9 Å². The number of nitrogens with one attached hydrogen (secondary N) is 1. The van der Waals surface area contributed by atoms with Crippen molar-refractivity contribution in [3.05, 3.63) is 18.2 Å². The molecule has 0 aliphatic carbocycles. The number of likely N-dealkylation sites (N-methyl/N-ethyl adjacent to an activating group) is 1. The molecule has 3 nitrogen and oxygen atoms in total. The fraction of sp³-hybridized carbons (Fsp3) is 0.812. The highest BCUT2D eigenvalue weighted by Crippen LogP contribution is 2.11. The first-order chi connectivity index (χ1) is 9.27. The van der Waals surface area contributed by atoms with Crippen molar-refractivity contribution in [1.29, 1.82) is 0 Å². The van der Waals surface area contributed by atoms with Crippen LogP contribution >= 0.6 is 0 Å². The Morgan fingerprint density at radius 2 is 1.84 bits per heavy atom. The molecule has 1 aromatic rings. The van der Waals surface area contributed by atoms with E-state index in [0.717, 1.165) is 6.42 Å². The van der Waals surface area contributed by atoms with E-state index in [-0.39, 0.29) is 0 Å². The summed E-state index contributed by atoms with van der Waals surface area (Å²) in [7, 11) is 4.14. The minimum atomic E-state index is 0.566. The highest BCUT2D eigenvalue weighted by molar-refractivity contribution is 4.94. The van der Waals surface area contributed by atoms with Gasteiger partial charge in [0.05, 0.1) is 0 Å². The Hall–Kier alpha value is -0.830. The Morgan fingerprint density at radius 1 is 1.16 bits per heavy atom. The summed E-state index contributed by atoms with van der Waals surface area (Å²) in [6, 6.07) is 0.566. The fourth-order valence-corrected chi connectivity index (χ4v) is 2.51. The van der Waals surface area contributed by atoms with Gasteiger partial charge in [-0.05, 0) is 13.5 Å². The van der Waals surface area contributed by atoms with E-state index < -0.39 is 0 Å². The smallest absolute Gasteiger partial charge is 0.109 e. The third-order valence-electron chi connectivity index (χ3n) is 3.91. The first kappa shape index (κ1) is 16.2. The molecule has 0 aliphatic heterocycles. The molecule has 0 spiro atoms. The zero-order valence-corrected chi connectivity index (χ0v) is 13.0. The van der Waals surface area contributed by atoms with Gasteiger partial charge in [-0.15, -0.1) is 0 Å². The lowest BCUT2D eigenvalue weighted by atomic mass is 10.0. The molecule has 110 valence electrons. The molecule has 0 bridgehead atoms. The molecule has 1 rings (SSSR count). The van der Waals surface area contributed by atoms with Crippen molar-refractivity contribution in [3.8, 4) is 0 Å². The van der Waals surface area contributed by atoms with Crippen molar-refractivity contribution in [2.24, 2.45) is 7.05 Å². The molecule has 0 saturated heterocycles. The van der Waals surface area contributed by atoms with Crippen LogP contribution in [0.4, 0.5) is 0 Å². The summed E-state index contributed by atoms with van der Waals surface area (Å²) in [4.78, 5) is 4.40. The van der Waals surface area contributed by atoms with Gasteiger partial charge in [0, 0.05) is 31.9 Å². The largest absolute Gasteiger partial charge is 0.338 e.